The highest BCUT2D eigenvalue weighted by Crippen LogP contribution is 2.45. The minimum Gasteiger partial charge on any atom is -0.379 e. The van der Waals surface area contributed by atoms with E-state index in [1.54, 1.807) is 6.20 Å². The summed E-state index contributed by atoms with van der Waals surface area (Å²) in [6.07, 6.45) is 6.54. The van der Waals surface area contributed by atoms with Gasteiger partial charge < -0.3 is 15.0 Å². The number of allylic oxidation sites excluding steroid dienone is 1. The molecule has 1 aliphatic carbocycles. The van der Waals surface area contributed by atoms with Crippen LogP contribution in [-0.4, -0.2) is 90.1 Å². The molecule has 0 saturated carbocycles. The molecule has 2 aromatic heterocycles. The predicted octanol–water partition coefficient (Wildman–Crippen LogP) is 5.28. The quantitative estimate of drug-likeness (QED) is 0.381. The van der Waals surface area contributed by atoms with Gasteiger partial charge in [0.05, 0.1) is 30.8 Å². The number of morpholine rings is 1. The maximum Gasteiger partial charge on any atom is 0.256 e. The first kappa shape index (κ1) is 30.6. The van der Waals surface area contributed by atoms with Crippen LogP contribution in [0.15, 0.2) is 60.6 Å². The van der Waals surface area contributed by atoms with E-state index in [-0.39, 0.29) is 11.8 Å². The second-order valence-electron chi connectivity index (χ2n) is 12.7. The van der Waals surface area contributed by atoms with E-state index in [0.717, 1.165) is 100.0 Å². The number of fused-ring (bicyclic) bond motifs is 1. The van der Waals surface area contributed by atoms with Crippen LogP contribution < -0.4 is 5.32 Å². The molecule has 0 spiro atoms. The third kappa shape index (κ3) is 6.79. The summed E-state index contributed by atoms with van der Waals surface area (Å²) in [6.45, 7) is 16.1. The Kier molecular flexibility index (Phi) is 9.52. The molecule has 3 aliphatic rings. The number of carbonyl (C=O) groups excluding carboxylic acids is 1. The normalized spacial score (nSPS) is 21.7. The van der Waals surface area contributed by atoms with Crippen LogP contribution in [0, 0.1) is 5.92 Å². The molecule has 8 nitrogen and oxygen atoms in total. The number of ether oxygens (including phenoxy) is 1. The number of carbonyl (C=O) groups is 1. The zero-order valence-corrected chi connectivity index (χ0v) is 26.7. The number of nitrogens with one attached hydrogen (secondary N) is 1. The summed E-state index contributed by atoms with van der Waals surface area (Å²) >= 11 is 0. The summed E-state index contributed by atoms with van der Waals surface area (Å²) in [7, 11) is 2.18. The Labute approximate surface area is 262 Å². The fraction of sp³-hybridized carbons (Fsp3) is 0.472. The Morgan fingerprint density at radius 3 is 2.39 bits per heavy atom. The molecule has 2 saturated heterocycles. The topological polar surface area (TPSA) is 73.8 Å². The summed E-state index contributed by atoms with van der Waals surface area (Å²) in [6, 6.07) is 12.9. The monoisotopic (exact) mass is 594 g/mol. The summed E-state index contributed by atoms with van der Waals surface area (Å²) in [5.74, 6) is 0.541. The highest BCUT2D eigenvalue weighted by Gasteiger charge is 2.33. The largest absolute Gasteiger partial charge is 0.379 e. The molecule has 3 aromatic rings. The SMILES string of the molecule is CCC1=C(C(=O)Nc2ccc(CN3CCOCC3)nc2)c2cc(-c3cncc(CN4CCN(C)CC4)c3)ccc2C(C)C1C. The maximum atomic E-state index is 14.1. The highest BCUT2D eigenvalue weighted by atomic mass is 16.5. The highest BCUT2D eigenvalue weighted by molar-refractivity contribution is 6.27. The molecule has 44 heavy (non-hydrogen) atoms. The van der Waals surface area contributed by atoms with Crippen molar-refractivity contribution in [1.82, 2.24) is 24.7 Å². The Balaban J connectivity index is 1.25. The number of piperazine rings is 1. The van der Waals surface area contributed by atoms with Crippen LogP contribution >= 0.6 is 0 Å². The maximum absolute atomic E-state index is 14.1. The minimum absolute atomic E-state index is 0.0660. The molecule has 1 aromatic carbocycles. The van der Waals surface area contributed by atoms with E-state index in [1.165, 1.54) is 16.7 Å². The smallest absolute Gasteiger partial charge is 0.256 e. The van der Waals surface area contributed by atoms with Crippen molar-refractivity contribution in [2.45, 2.75) is 46.2 Å². The van der Waals surface area contributed by atoms with E-state index in [0.29, 0.717) is 11.6 Å². The second kappa shape index (κ2) is 13.7. The molecule has 2 atom stereocenters. The van der Waals surface area contributed by atoms with Crippen LogP contribution in [0.5, 0.6) is 0 Å². The zero-order chi connectivity index (χ0) is 30.6. The van der Waals surface area contributed by atoms with Crippen molar-refractivity contribution < 1.29 is 9.53 Å². The summed E-state index contributed by atoms with van der Waals surface area (Å²) in [4.78, 5) is 30.6. The lowest BCUT2D eigenvalue weighted by Gasteiger charge is -2.33. The van der Waals surface area contributed by atoms with Crippen molar-refractivity contribution in [1.29, 1.82) is 0 Å². The van der Waals surface area contributed by atoms with Gasteiger partial charge in [-0.3, -0.25) is 24.6 Å². The number of nitrogens with zero attached hydrogens (tertiary/aromatic N) is 5. The van der Waals surface area contributed by atoms with E-state index in [2.05, 4.69) is 82.1 Å². The summed E-state index contributed by atoms with van der Waals surface area (Å²) in [5.41, 5.74) is 9.38. The van der Waals surface area contributed by atoms with Gasteiger partial charge in [0, 0.05) is 75.9 Å². The van der Waals surface area contributed by atoms with E-state index in [9.17, 15) is 4.79 Å². The van der Waals surface area contributed by atoms with Gasteiger partial charge in [-0.15, -0.1) is 0 Å². The van der Waals surface area contributed by atoms with Crippen molar-refractivity contribution in [2.24, 2.45) is 5.92 Å². The molecule has 0 radical (unpaired) electrons. The second-order valence-corrected chi connectivity index (χ2v) is 12.7. The van der Waals surface area contributed by atoms with Gasteiger partial charge in [-0.1, -0.05) is 38.5 Å². The minimum atomic E-state index is -0.0660. The van der Waals surface area contributed by atoms with Gasteiger partial charge in [0.25, 0.3) is 5.91 Å². The van der Waals surface area contributed by atoms with Crippen LogP contribution in [0.3, 0.4) is 0 Å². The van der Waals surface area contributed by atoms with Gasteiger partial charge in [-0.25, -0.2) is 0 Å². The first-order chi connectivity index (χ1) is 21.4. The van der Waals surface area contributed by atoms with Crippen molar-refractivity contribution >= 4 is 17.2 Å². The number of aromatic nitrogens is 2. The van der Waals surface area contributed by atoms with Gasteiger partial charge in [-0.05, 0) is 71.8 Å². The fourth-order valence-corrected chi connectivity index (χ4v) is 6.86. The van der Waals surface area contributed by atoms with Crippen molar-refractivity contribution in [3.8, 4) is 11.1 Å². The van der Waals surface area contributed by atoms with Crippen molar-refractivity contribution in [3.63, 3.8) is 0 Å². The van der Waals surface area contributed by atoms with Crippen LogP contribution in [0.1, 0.15) is 55.5 Å². The fourth-order valence-electron chi connectivity index (χ4n) is 6.86. The van der Waals surface area contributed by atoms with Crippen molar-refractivity contribution in [3.05, 3.63) is 82.9 Å². The summed E-state index contributed by atoms with van der Waals surface area (Å²) in [5, 5.41) is 3.19. The average Bonchev–Trinajstić information content (AvgIpc) is 3.05. The molecule has 0 bridgehead atoms. The number of rotatable bonds is 8. The van der Waals surface area contributed by atoms with E-state index >= 15 is 0 Å². The van der Waals surface area contributed by atoms with E-state index < -0.39 is 0 Å². The lowest BCUT2D eigenvalue weighted by atomic mass is 9.71. The zero-order valence-electron chi connectivity index (χ0n) is 26.7. The van der Waals surface area contributed by atoms with Gasteiger partial charge in [0.15, 0.2) is 0 Å². The summed E-state index contributed by atoms with van der Waals surface area (Å²) < 4.78 is 5.46. The Hall–Kier alpha value is -3.43. The number of amides is 1. The number of hydrogen-bond donors (Lipinski definition) is 1. The molecule has 2 aliphatic heterocycles. The average molecular weight is 595 g/mol. The number of anilines is 1. The molecule has 6 rings (SSSR count). The Morgan fingerprint density at radius 2 is 1.66 bits per heavy atom. The standard InChI is InChI=1S/C36H46N6O2/c1-5-32-25(2)26(3)33-9-6-28(29-18-27(20-37-21-29)23-41-12-10-40(4)11-13-41)19-34(33)35(32)36(43)39-30-7-8-31(38-22-30)24-42-14-16-44-17-15-42/h6-9,18-22,25-26H,5,10-17,23-24H2,1-4H3,(H,39,43). The molecule has 1 N–H and O–H groups in total. The molecule has 232 valence electrons. The lowest BCUT2D eigenvalue weighted by Crippen LogP contribution is -2.43. The number of benzene rings is 1. The molecule has 2 unspecified atom stereocenters. The van der Waals surface area contributed by atoms with Gasteiger partial charge in [-0.2, -0.15) is 0 Å². The lowest BCUT2D eigenvalue weighted by molar-refractivity contribution is -0.111. The Bertz CT molecular complexity index is 1490. The third-order valence-electron chi connectivity index (χ3n) is 9.74. The van der Waals surface area contributed by atoms with Gasteiger partial charge >= 0.3 is 0 Å². The molecule has 1 amide bonds. The van der Waals surface area contributed by atoms with Crippen molar-refractivity contribution in [2.75, 3.05) is 64.8 Å². The number of pyridine rings is 2. The first-order valence-electron chi connectivity index (χ1n) is 16.2. The molecule has 4 heterocycles. The van der Waals surface area contributed by atoms with Gasteiger partial charge in [0.2, 0.25) is 0 Å². The molecular weight excluding hydrogens is 548 g/mol. The van der Waals surface area contributed by atoms with E-state index in [1.807, 2.05) is 24.5 Å². The third-order valence-corrected chi connectivity index (χ3v) is 9.74. The van der Waals surface area contributed by atoms with Gasteiger partial charge in [0.1, 0.15) is 0 Å². The van der Waals surface area contributed by atoms with Crippen LogP contribution in [0.25, 0.3) is 16.7 Å². The molecular formula is C36H46N6O2. The number of likely N-dealkylation sites (N-methyl/N-ethyl adjacent to an activating group) is 1. The predicted molar refractivity (Wildman–Crippen MR) is 176 cm³/mol. The number of hydrogen-bond acceptors (Lipinski definition) is 7. The Morgan fingerprint density at radius 1 is 0.886 bits per heavy atom. The first-order valence-corrected chi connectivity index (χ1v) is 16.2. The van der Waals surface area contributed by atoms with Crippen LogP contribution in [0.4, 0.5) is 5.69 Å². The van der Waals surface area contributed by atoms with Crippen LogP contribution in [-0.2, 0) is 22.6 Å². The molecule has 2 fully saturated rings. The molecule has 8 heteroatoms. The van der Waals surface area contributed by atoms with E-state index in [4.69, 9.17) is 4.74 Å². The van der Waals surface area contributed by atoms with Crippen LogP contribution in [0.2, 0.25) is 0 Å².